The van der Waals surface area contributed by atoms with E-state index >= 15 is 0 Å². The lowest BCUT2D eigenvalue weighted by Gasteiger charge is -2.31. The van der Waals surface area contributed by atoms with Crippen LogP contribution in [0.1, 0.15) is 51.1 Å². The summed E-state index contributed by atoms with van der Waals surface area (Å²) >= 11 is 0. The Labute approximate surface area is 202 Å². The second-order valence-electron chi connectivity index (χ2n) is 10.3. The monoisotopic (exact) mass is 479 g/mol. The first-order valence-electron chi connectivity index (χ1n) is 11.9. The molecule has 1 aromatic carbocycles. The van der Waals surface area contributed by atoms with Gasteiger partial charge in [0.1, 0.15) is 17.5 Å². The molecule has 2 aliphatic heterocycles. The number of pyridine rings is 1. The zero-order chi connectivity index (χ0) is 25.0. The zero-order valence-electron chi connectivity index (χ0n) is 20.0. The van der Waals surface area contributed by atoms with E-state index in [0.29, 0.717) is 17.8 Å². The molecule has 1 unspecified atom stereocenters. The third kappa shape index (κ3) is 4.19. The van der Waals surface area contributed by atoms with E-state index < -0.39 is 23.4 Å². The first-order chi connectivity index (χ1) is 16.6. The molecule has 8 nitrogen and oxygen atoms in total. The largest absolute Gasteiger partial charge is 0.373 e. The summed E-state index contributed by atoms with van der Waals surface area (Å²) in [6.45, 7) is 4.92. The molecule has 4 heterocycles. The molecule has 4 atom stereocenters. The van der Waals surface area contributed by atoms with E-state index in [1.165, 1.54) is 13.8 Å². The number of carbonyl (C=O) groups is 2. The zero-order valence-corrected chi connectivity index (χ0v) is 20.0. The number of para-hydroxylation sites is 1. The number of likely N-dealkylation sites (tertiary alicyclic amines) is 1. The van der Waals surface area contributed by atoms with Crippen molar-refractivity contribution in [3.63, 3.8) is 0 Å². The molecule has 0 saturated carbocycles. The van der Waals surface area contributed by atoms with Gasteiger partial charge in [0.05, 0.1) is 17.2 Å². The van der Waals surface area contributed by atoms with Crippen LogP contribution < -0.4 is 10.6 Å². The summed E-state index contributed by atoms with van der Waals surface area (Å²) < 4.78 is 14.8. The van der Waals surface area contributed by atoms with Crippen molar-refractivity contribution in [2.75, 3.05) is 11.9 Å². The minimum atomic E-state index is -1.66. The number of H-pyrrole nitrogens is 1. The van der Waals surface area contributed by atoms with E-state index in [4.69, 9.17) is 0 Å². The van der Waals surface area contributed by atoms with E-state index in [2.05, 4.69) is 20.6 Å². The number of aliphatic hydroxyl groups is 1. The third-order valence-electron chi connectivity index (χ3n) is 7.08. The van der Waals surface area contributed by atoms with E-state index in [1.807, 2.05) is 37.3 Å². The first-order valence-corrected chi connectivity index (χ1v) is 11.9. The summed E-state index contributed by atoms with van der Waals surface area (Å²) in [6, 6.07) is 11.7. The van der Waals surface area contributed by atoms with Gasteiger partial charge in [0.25, 0.3) is 0 Å². The highest BCUT2D eigenvalue weighted by Crippen LogP contribution is 2.46. The van der Waals surface area contributed by atoms with E-state index in [9.17, 15) is 19.1 Å². The number of nitrogens with one attached hydrogen (secondary N) is 3. The molecule has 1 fully saturated rings. The fraction of sp³-hybridized carbons (Fsp3) is 0.423. The number of aromatic amines is 1. The van der Waals surface area contributed by atoms with Crippen LogP contribution in [0.4, 0.5) is 10.1 Å². The number of fused-ring (bicyclic) bond motifs is 3. The Hall–Kier alpha value is -3.30. The van der Waals surface area contributed by atoms with Gasteiger partial charge in [-0.15, -0.1) is 0 Å². The number of amides is 2. The first kappa shape index (κ1) is 23.4. The van der Waals surface area contributed by atoms with Crippen LogP contribution in [0.25, 0.3) is 11.0 Å². The Morgan fingerprint density at radius 1 is 1.34 bits per heavy atom. The van der Waals surface area contributed by atoms with Crippen molar-refractivity contribution in [2.24, 2.45) is 0 Å². The molecule has 184 valence electrons. The maximum absolute atomic E-state index is 14.8. The molecule has 4 N–H and O–H groups in total. The fourth-order valence-corrected chi connectivity index (χ4v) is 5.46. The van der Waals surface area contributed by atoms with Crippen molar-refractivity contribution in [1.29, 1.82) is 0 Å². The molecule has 35 heavy (non-hydrogen) atoms. The number of carbonyl (C=O) groups excluding carboxylic acids is 2. The maximum Gasteiger partial charge on any atom is 0.240 e. The van der Waals surface area contributed by atoms with Gasteiger partial charge in [-0.2, -0.15) is 0 Å². The van der Waals surface area contributed by atoms with Crippen molar-refractivity contribution >= 4 is 28.5 Å². The number of hydrogen-bond acceptors (Lipinski definition) is 5. The van der Waals surface area contributed by atoms with Crippen LogP contribution in [0.2, 0.25) is 0 Å². The molecule has 2 amide bonds. The summed E-state index contributed by atoms with van der Waals surface area (Å²) in [7, 11) is 0. The van der Waals surface area contributed by atoms with Crippen molar-refractivity contribution in [3.8, 4) is 0 Å². The Kier molecular flexibility index (Phi) is 5.64. The fourth-order valence-electron chi connectivity index (χ4n) is 5.46. The molecule has 0 radical (unpaired) electrons. The average Bonchev–Trinajstić information content (AvgIpc) is 3.46. The third-order valence-corrected chi connectivity index (χ3v) is 7.08. The minimum absolute atomic E-state index is 0.123. The second-order valence-corrected chi connectivity index (χ2v) is 10.3. The number of rotatable bonds is 6. The van der Waals surface area contributed by atoms with Gasteiger partial charge in [-0.05, 0) is 57.0 Å². The number of hydrogen-bond donors (Lipinski definition) is 4. The second kappa shape index (κ2) is 8.42. The topological polar surface area (TPSA) is 110 Å². The van der Waals surface area contributed by atoms with Crippen LogP contribution >= 0.6 is 0 Å². The van der Waals surface area contributed by atoms with Crippen molar-refractivity contribution in [1.82, 2.24) is 20.2 Å². The van der Waals surface area contributed by atoms with Gasteiger partial charge in [0.2, 0.25) is 11.8 Å². The number of benzene rings is 1. The number of alkyl halides is 1. The number of nitrogens with zero attached hydrogens (tertiary/aromatic N) is 2. The normalized spacial score (nSPS) is 23.5. The molecule has 3 aromatic rings. The van der Waals surface area contributed by atoms with Crippen molar-refractivity contribution < 1.29 is 19.1 Å². The highest BCUT2D eigenvalue weighted by atomic mass is 19.1. The SMILES string of the molecule is C[C@@H]1C[C@@]2(CN1C(=O)[C@H](CC(C)(C)F)NC(O)c1cc3cccnc3[nH]1)C(=O)Nc1ccccc12. The van der Waals surface area contributed by atoms with Gasteiger partial charge in [-0.1, -0.05) is 18.2 Å². The Balaban J connectivity index is 1.40. The summed E-state index contributed by atoms with van der Waals surface area (Å²) in [6.07, 6.45) is 0.745. The molecule has 1 spiro atoms. The molecular weight excluding hydrogens is 449 g/mol. The van der Waals surface area contributed by atoms with Crippen LogP contribution in [0.3, 0.4) is 0 Å². The number of anilines is 1. The summed E-state index contributed by atoms with van der Waals surface area (Å²) in [4.78, 5) is 35.7. The summed E-state index contributed by atoms with van der Waals surface area (Å²) in [5.74, 6) is -0.465. The highest BCUT2D eigenvalue weighted by molar-refractivity contribution is 6.07. The lowest BCUT2D eigenvalue weighted by atomic mass is 9.80. The van der Waals surface area contributed by atoms with E-state index in [0.717, 1.165) is 16.6 Å². The van der Waals surface area contributed by atoms with Crippen molar-refractivity contribution in [3.05, 3.63) is 59.9 Å². The Bertz CT molecular complexity index is 1250. The van der Waals surface area contributed by atoms with Crippen molar-refractivity contribution in [2.45, 2.75) is 63.0 Å². The molecule has 2 aromatic heterocycles. The highest BCUT2D eigenvalue weighted by Gasteiger charge is 2.55. The van der Waals surface area contributed by atoms with Gasteiger partial charge in [-0.3, -0.25) is 14.9 Å². The molecule has 2 aliphatic rings. The lowest BCUT2D eigenvalue weighted by Crippen LogP contribution is -2.51. The van der Waals surface area contributed by atoms with Gasteiger partial charge >= 0.3 is 0 Å². The Morgan fingerprint density at radius 3 is 2.86 bits per heavy atom. The summed E-state index contributed by atoms with van der Waals surface area (Å²) in [5, 5.41) is 17.6. The molecule has 0 bridgehead atoms. The van der Waals surface area contributed by atoms with Crippen LogP contribution in [0, 0.1) is 0 Å². The van der Waals surface area contributed by atoms with Gasteiger partial charge in [0.15, 0.2) is 0 Å². The maximum atomic E-state index is 14.8. The smallest absolute Gasteiger partial charge is 0.240 e. The van der Waals surface area contributed by atoms with Gasteiger partial charge in [0, 0.05) is 36.3 Å². The predicted octanol–water partition coefficient (Wildman–Crippen LogP) is 3.16. The standard InChI is InChI=1S/C26H30FN5O3/c1-15-12-26(17-8-4-5-9-18(17)31-24(26)35)14-32(15)23(34)20(13-25(2,3)27)30-22(33)19-11-16-7-6-10-28-21(16)29-19/h4-11,15,20,22,30,33H,12-14H2,1-3H3,(H,28,29)(H,31,35)/t15-,20+,22?,26+/m1/s1. The molecule has 9 heteroatoms. The number of aliphatic hydroxyl groups excluding tert-OH is 1. The minimum Gasteiger partial charge on any atom is -0.373 e. The molecular formula is C26H30FN5O3. The van der Waals surface area contributed by atoms with Crippen LogP contribution in [0.15, 0.2) is 48.7 Å². The Morgan fingerprint density at radius 2 is 2.11 bits per heavy atom. The van der Waals surface area contributed by atoms with Gasteiger partial charge in [-0.25, -0.2) is 9.37 Å². The predicted molar refractivity (Wildman–Crippen MR) is 130 cm³/mol. The quantitative estimate of drug-likeness (QED) is 0.406. The lowest BCUT2D eigenvalue weighted by molar-refractivity contribution is -0.136. The van der Waals surface area contributed by atoms with Crippen LogP contribution in [-0.4, -0.2) is 56.1 Å². The molecule has 5 rings (SSSR count). The van der Waals surface area contributed by atoms with Gasteiger partial charge < -0.3 is 20.3 Å². The van der Waals surface area contributed by atoms with E-state index in [1.54, 1.807) is 23.2 Å². The van der Waals surface area contributed by atoms with E-state index in [-0.39, 0.29) is 30.8 Å². The van der Waals surface area contributed by atoms with Crippen LogP contribution in [0.5, 0.6) is 0 Å². The number of halogens is 1. The summed E-state index contributed by atoms with van der Waals surface area (Å²) in [5.41, 5.74) is 0.200. The number of aromatic nitrogens is 2. The average molecular weight is 480 g/mol. The molecule has 1 saturated heterocycles. The van der Waals surface area contributed by atoms with Crippen LogP contribution in [-0.2, 0) is 15.0 Å². The molecule has 0 aliphatic carbocycles.